The molecule has 7 atom stereocenters. The smallest absolute Gasteiger partial charge is 0.306 e. The van der Waals surface area contributed by atoms with Gasteiger partial charge in [0, 0.05) is 18.7 Å². The Balaban J connectivity index is 1.52. The van der Waals surface area contributed by atoms with Crippen LogP contribution in [0.3, 0.4) is 0 Å². The van der Waals surface area contributed by atoms with Crippen molar-refractivity contribution >= 4 is 29.4 Å². The van der Waals surface area contributed by atoms with Gasteiger partial charge in [-0.15, -0.1) is 13.2 Å². The van der Waals surface area contributed by atoms with E-state index in [4.69, 9.17) is 9.47 Å². The van der Waals surface area contributed by atoms with Gasteiger partial charge in [-0.2, -0.15) is 0 Å². The van der Waals surface area contributed by atoms with Crippen LogP contribution in [0.15, 0.2) is 73.8 Å². The maximum atomic E-state index is 15.0. The summed E-state index contributed by atoms with van der Waals surface area (Å²) in [5, 5.41) is 13.8. The number of amides is 3. The molecule has 5 rings (SSSR count). The molecule has 10 heteroatoms. The van der Waals surface area contributed by atoms with Gasteiger partial charge in [-0.1, -0.05) is 68.5 Å². The molecular weight excluding hydrogens is 634 g/mol. The van der Waals surface area contributed by atoms with E-state index in [1.165, 1.54) is 4.90 Å². The zero-order valence-corrected chi connectivity index (χ0v) is 29.7. The molecule has 3 heterocycles. The highest BCUT2D eigenvalue weighted by Gasteiger charge is 2.75. The first kappa shape index (κ1) is 37.0. The molecule has 1 spiro atoms. The Kier molecular flexibility index (Phi) is 11.6. The number of nitrogens with zero attached hydrogens (tertiary/aromatic N) is 2. The normalized spacial score (nSPS) is 24.8. The minimum atomic E-state index is -1.26. The zero-order chi connectivity index (χ0) is 36.2. The van der Waals surface area contributed by atoms with Crippen molar-refractivity contribution in [3.8, 4) is 0 Å². The third-order valence-electron chi connectivity index (χ3n) is 10.3. The second-order valence-electron chi connectivity index (χ2n) is 14.3. The number of esters is 1. The van der Waals surface area contributed by atoms with Crippen LogP contribution < -0.4 is 10.2 Å². The number of aliphatic hydroxyl groups excluding tert-OH is 1. The number of benzene rings is 2. The number of fused-ring (bicyclic) bond motifs is 1. The second-order valence-corrected chi connectivity index (χ2v) is 14.3. The lowest BCUT2D eigenvalue weighted by Gasteiger charge is -2.40. The number of likely N-dealkylation sites (tertiary alicyclic amines) is 1. The Morgan fingerprint density at radius 1 is 1.14 bits per heavy atom. The molecule has 3 fully saturated rings. The molecule has 3 aliphatic heterocycles. The predicted octanol–water partition coefficient (Wildman–Crippen LogP) is 4.97. The van der Waals surface area contributed by atoms with Crippen LogP contribution in [0.25, 0.3) is 0 Å². The number of carbonyl (C=O) groups excluding carboxylic acids is 4. The number of nitrogens with one attached hydrogen (secondary N) is 1. The third-order valence-corrected chi connectivity index (χ3v) is 10.3. The van der Waals surface area contributed by atoms with E-state index in [0.717, 1.165) is 16.7 Å². The summed E-state index contributed by atoms with van der Waals surface area (Å²) in [5.74, 6) is -3.20. The molecule has 2 bridgehead atoms. The number of rotatable bonds is 16. The Labute approximate surface area is 295 Å². The first-order valence-corrected chi connectivity index (χ1v) is 17.7. The first-order valence-electron chi connectivity index (χ1n) is 17.7. The van der Waals surface area contributed by atoms with E-state index >= 15 is 4.79 Å². The fourth-order valence-corrected chi connectivity index (χ4v) is 8.12. The largest absolute Gasteiger partial charge is 0.463 e. The van der Waals surface area contributed by atoms with Crippen LogP contribution in [0.1, 0.15) is 68.7 Å². The number of carbonyl (C=O) groups is 4. The topological polar surface area (TPSA) is 125 Å². The van der Waals surface area contributed by atoms with Crippen molar-refractivity contribution in [3.05, 3.63) is 90.5 Å². The van der Waals surface area contributed by atoms with Crippen LogP contribution in [0, 0.1) is 31.6 Å². The number of hydrogen-bond acceptors (Lipinski definition) is 7. The monoisotopic (exact) mass is 685 g/mol. The molecule has 2 N–H and O–H groups in total. The Morgan fingerprint density at radius 3 is 2.54 bits per heavy atom. The van der Waals surface area contributed by atoms with Crippen molar-refractivity contribution < 1.29 is 33.8 Å². The lowest BCUT2D eigenvalue weighted by molar-refractivity contribution is -0.146. The molecule has 10 nitrogen and oxygen atoms in total. The van der Waals surface area contributed by atoms with Crippen LogP contribution >= 0.6 is 0 Å². The molecule has 2 aromatic carbocycles. The summed E-state index contributed by atoms with van der Waals surface area (Å²) in [6, 6.07) is 12.7. The summed E-state index contributed by atoms with van der Waals surface area (Å²) < 4.78 is 12.3. The Morgan fingerprint density at radius 2 is 1.88 bits per heavy atom. The van der Waals surface area contributed by atoms with E-state index in [-0.39, 0.29) is 43.9 Å². The van der Waals surface area contributed by atoms with Crippen molar-refractivity contribution in [2.75, 3.05) is 24.7 Å². The number of aliphatic hydroxyl groups is 1. The van der Waals surface area contributed by atoms with Crippen molar-refractivity contribution in [1.82, 2.24) is 10.2 Å². The van der Waals surface area contributed by atoms with Crippen LogP contribution in [0.5, 0.6) is 0 Å². The van der Waals surface area contributed by atoms with Crippen molar-refractivity contribution in [1.29, 1.82) is 0 Å². The van der Waals surface area contributed by atoms with Crippen molar-refractivity contribution in [2.45, 2.75) is 89.6 Å². The summed E-state index contributed by atoms with van der Waals surface area (Å²) in [4.78, 5) is 59.8. The quantitative estimate of drug-likeness (QED) is 0.189. The minimum Gasteiger partial charge on any atom is -0.463 e. The molecular formula is C40H51N3O7. The van der Waals surface area contributed by atoms with Gasteiger partial charge in [0.15, 0.2) is 0 Å². The number of aryl methyl sites for hydroxylation is 2. The van der Waals surface area contributed by atoms with E-state index in [9.17, 15) is 19.5 Å². The summed E-state index contributed by atoms with van der Waals surface area (Å²) in [6.45, 7) is 15.2. The van der Waals surface area contributed by atoms with E-state index < -0.39 is 53.5 Å². The van der Waals surface area contributed by atoms with Crippen molar-refractivity contribution in [3.63, 3.8) is 0 Å². The Bertz CT molecular complexity index is 1590. The van der Waals surface area contributed by atoms with Gasteiger partial charge in [-0.05, 0) is 68.2 Å². The highest BCUT2D eigenvalue weighted by molar-refractivity contribution is 6.05. The van der Waals surface area contributed by atoms with Crippen LogP contribution in [-0.2, 0) is 28.7 Å². The van der Waals surface area contributed by atoms with E-state index in [1.807, 2.05) is 76.2 Å². The lowest BCUT2D eigenvalue weighted by Crippen LogP contribution is -2.59. The highest BCUT2D eigenvalue weighted by Crippen LogP contribution is 2.59. The van der Waals surface area contributed by atoms with Crippen LogP contribution in [0.4, 0.5) is 5.69 Å². The molecule has 0 aliphatic carbocycles. The van der Waals surface area contributed by atoms with Gasteiger partial charge >= 0.3 is 5.97 Å². The number of anilines is 1. The van der Waals surface area contributed by atoms with Crippen LogP contribution in [-0.4, -0.2) is 77.2 Å². The molecule has 268 valence electrons. The van der Waals surface area contributed by atoms with Gasteiger partial charge in [0.1, 0.15) is 18.2 Å². The molecule has 0 saturated carbocycles. The molecule has 0 unspecified atom stereocenters. The first-order chi connectivity index (χ1) is 24.0. The maximum absolute atomic E-state index is 15.0. The third kappa shape index (κ3) is 7.14. The van der Waals surface area contributed by atoms with Crippen LogP contribution in [0.2, 0.25) is 0 Å². The molecule has 0 radical (unpaired) electrons. The molecule has 3 saturated heterocycles. The number of ether oxygens (including phenoxy) is 2. The predicted molar refractivity (Wildman–Crippen MR) is 191 cm³/mol. The standard InChI is InChI=1S/C40H51N3O7/c1-7-9-15-33(45)49-24-30(28-13-11-10-12-14-28)41-37(46)34-32-18-19-40(50-32)35(34)38(47)43(29(23-44)21-25(3)4)36(40)39(48)42(20-8-2)31-22-26(5)16-17-27(31)6/h7-8,10-14,16-17,22,25,29-30,32,34-36,44H,1-2,9,15,18-21,23-24H2,3-6H3,(H,41,46)/t29-,30-,32+,34-,35-,36+,40-/m1/s1. The van der Waals surface area contributed by atoms with Gasteiger partial charge in [-0.25, -0.2) is 0 Å². The summed E-state index contributed by atoms with van der Waals surface area (Å²) >= 11 is 0. The molecule has 2 aromatic rings. The van der Waals surface area contributed by atoms with E-state index in [2.05, 4.69) is 18.5 Å². The number of hydrogen-bond donors (Lipinski definition) is 2. The van der Waals surface area contributed by atoms with E-state index in [1.54, 1.807) is 17.1 Å². The summed E-state index contributed by atoms with van der Waals surface area (Å²) in [5.41, 5.74) is 2.06. The highest BCUT2D eigenvalue weighted by atomic mass is 16.5. The summed E-state index contributed by atoms with van der Waals surface area (Å²) in [6.07, 6.45) is 4.74. The second kappa shape index (κ2) is 15.7. The average molecular weight is 686 g/mol. The molecule has 3 aliphatic rings. The summed E-state index contributed by atoms with van der Waals surface area (Å²) in [7, 11) is 0. The fourth-order valence-electron chi connectivity index (χ4n) is 8.12. The Hall–Kier alpha value is -4.28. The van der Waals surface area contributed by atoms with Gasteiger partial charge in [0.25, 0.3) is 5.91 Å². The van der Waals surface area contributed by atoms with Crippen molar-refractivity contribution in [2.24, 2.45) is 17.8 Å². The molecule has 0 aromatic heterocycles. The van der Waals surface area contributed by atoms with Gasteiger partial charge in [-0.3, -0.25) is 19.2 Å². The SMILES string of the molecule is C=CCCC(=O)OC[C@@H](NC(=O)[C@@H]1[C@@H]2CC[C@]3(O2)[C@H](C(=O)N(CC=C)c2cc(C)ccc2C)N([C@@H](CO)CC(C)C)C(=O)[C@@H]13)c1ccccc1. The average Bonchev–Trinajstić information content (AvgIpc) is 3.75. The van der Waals surface area contributed by atoms with Gasteiger partial charge in [0.2, 0.25) is 11.8 Å². The number of allylic oxidation sites excluding steroid dienone is 1. The molecule has 50 heavy (non-hydrogen) atoms. The fraction of sp³-hybridized carbons (Fsp3) is 0.500. The molecule has 3 amide bonds. The maximum Gasteiger partial charge on any atom is 0.306 e. The minimum absolute atomic E-state index is 0.0890. The van der Waals surface area contributed by atoms with Gasteiger partial charge in [0.05, 0.1) is 36.6 Å². The zero-order valence-electron chi connectivity index (χ0n) is 29.7. The van der Waals surface area contributed by atoms with Gasteiger partial charge < -0.3 is 29.7 Å². The van der Waals surface area contributed by atoms with E-state index in [0.29, 0.717) is 31.4 Å². The lowest BCUT2D eigenvalue weighted by atomic mass is 9.70.